The molecule has 0 bridgehead atoms. The van der Waals surface area contributed by atoms with Crippen LogP contribution in [0.3, 0.4) is 0 Å². The maximum Gasteiger partial charge on any atom is 0.257 e. The summed E-state index contributed by atoms with van der Waals surface area (Å²) in [6, 6.07) is 0.205. The highest BCUT2D eigenvalue weighted by Gasteiger charge is 2.28. The summed E-state index contributed by atoms with van der Waals surface area (Å²) in [5.41, 5.74) is 1.47. The summed E-state index contributed by atoms with van der Waals surface area (Å²) in [6.45, 7) is 7.18. The fourth-order valence-corrected chi connectivity index (χ4v) is 2.96. The smallest absolute Gasteiger partial charge is 0.257 e. The summed E-state index contributed by atoms with van der Waals surface area (Å²) in [6.07, 6.45) is 3.61. The van der Waals surface area contributed by atoms with Gasteiger partial charge >= 0.3 is 0 Å². The summed E-state index contributed by atoms with van der Waals surface area (Å²) < 4.78 is 1.96. The highest BCUT2D eigenvalue weighted by molar-refractivity contribution is 5.95. The lowest BCUT2D eigenvalue weighted by molar-refractivity contribution is 0.0670. The third-order valence-corrected chi connectivity index (χ3v) is 4.00. The molecule has 1 aliphatic rings. The third-order valence-electron chi connectivity index (χ3n) is 4.00. The van der Waals surface area contributed by atoms with Gasteiger partial charge in [-0.05, 0) is 33.6 Å². The number of hydrogen-bond donors (Lipinski definition) is 1. The second-order valence-electron chi connectivity index (χ2n) is 5.61. The number of nitrogens with one attached hydrogen (secondary N) is 1. The molecule has 21 heavy (non-hydrogen) atoms. The van der Waals surface area contributed by atoms with Crippen LogP contribution < -0.4 is 0 Å². The van der Waals surface area contributed by atoms with Gasteiger partial charge in [0.25, 0.3) is 5.91 Å². The van der Waals surface area contributed by atoms with Gasteiger partial charge in [0.1, 0.15) is 11.6 Å². The molecule has 0 unspecified atom stereocenters. The van der Waals surface area contributed by atoms with Crippen molar-refractivity contribution in [3.63, 3.8) is 0 Å². The fourth-order valence-electron chi connectivity index (χ4n) is 2.96. The Morgan fingerprint density at radius 3 is 2.81 bits per heavy atom. The Hall–Kier alpha value is -2.18. The van der Waals surface area contributed by atoms with Crippen LogP contribution in [-0.4, -0.2) is 48.9 Å². The van der Waals surface area contributed by atoms with Crippen molar-refractivity contribution in [2.75, 3.05) is 13.1 Å². The summed E-state index contributed by atoms with van der Waals surface area (Å²) in [5, 5.41) is 11.2. The number of H-pyrrole nitrogens is 1. The summed E-state index contributed by atoms with van der Waals surface area (Å²) >= 11 is 0. The molecule has 2 aromatic rings. The molecule has 7 heteroatoms. The first-order valence-corrected chi connectivity index (χ1v) is 7.25. The number of rotatable bonds is 2. The molecule has 0 saturated carbocycles. The van der Waals surface area contributed by atoms with E-state index in [2.05, 4.69) is 20.3 Å². The number of aromatic nitrogens is 5. The molecule has 1 amide bonds. The van der Waals surface area contributed by atoms with E-state index < -0.39 is 0 Å². The molecule has 7 nitrogen and oxygen atoms in total. The standard InChI is InChI=1S/C14H20N6O/c1-9-13(7-15-17-9)14(21)19-6-4-5-12(8-19)20-11(3)16-10(2)18-20/h7,12H,4-6,8H2,1-3H3,(H,15,17)/t12-/m1/s1. The van der Waals surface area contributed by atoms with E-state index in [9.17, 15) is 4.79 Å². The van der Waals surface area contributed by atoms with E-state index in [0.717, 1.165) is 36.7 Å². The van der Waals surface area contributed by atoms with Gasteiger partial charge in [-0.1, -0.05) is 0 Å². The third kappa shape index (κ3) is 2.55. The Morgan fingerprint density at radius 2 is 2.19 bits per heavy atom. The minimum absolute atomic E-state index is 0.0421. The summed E-state index contributed by atoms with van der Waals surface area (Å²) in [4.78, 5) is 18.8. The number of aryl methyl sites for hydroxylation is 3. The molecule has 3 heterocycles. The topological polar surface area (TPSA) is 79.7 Å². The molecule has 0 radical (unpaired) electrons. The first-order chi connectivity index (χ1) is 10.1. The van der Waals surface area contributed by atoms with Crippen molar-refractivity contribution in [3.05, 3.63) is 29.1 Å². The number of carbonyl (C=O) groups is 1. The molecule has 1 atom stereocenters. The zero-order valence-corrected chi connectivity index (χ0v) is 12.6. The van der Waals surface area contributed by atoms with Crippen LogP contribution in [0, 0.1) is 20.8 Å². The number of hydrogen-bond acceptors (Lipinski definition) is 4. The van der Waals surface area contributed by atoms with Crippen LogP contribution in [0.1, 0.15) is 46.6 Å². The van der Waals surface area contributed by atoms with Crippen LogP contribution in [0.2, 0.25) is 0 Å². The molecule has 1 aliphatic heterocycles. The molecular formula is C14H20N6O. The molecule has 2 aromatic heterocycles. The molecule has 0 spiro atoms. The monoisotopic (exact) mass is 288 g/mol. The molecular weight excluding hydrogens is 268 g/mol. The van der Waals surface area contributed by atoms with E-state index in [0.29, 0.717) is 12.1 Å². The first-order valence-electron chi connectivity index (χ1n) is 7.25. The van der Waals surface area contributed by atoms with Gasteiger partial charge in [-0.25, -0.2) is 9.67 Å². The normalized spacial score (nSPS) is 19.0. The van der Waals surface area contributed by atoms with Gasteiger partial charge in [0.05, 0.1) is 17.8 Å². The van der Waals surface area contributed by atoms with Crippen molar-refractivity contribution < 1.29 is 4.79 Å². The van der Waals surface area contributed by atoms with E-state index in [-0.39, 0.29) is 11.9 Å². The van der Waals surface area contributed by atoms with Gasteiger partial charge < -0.3 is 4.90 Å². The van der Waals surface area contributed by atoms with Gasteiger partial charge in [-0.3, -0.25) is 9.89 Å². The van der Waals surface area contributed by atoms with Crippen LogP contribution in [0.25, 0.3) is 0 Å². The quantitative estimate of drug-likeness (QED) is 0.906. The maximum atomic E-state index is 12.6. The average molecular weight is 288 g/mol. The molecule has 1 N–H and O–H groups in total. The predicted octanol–water partition coefficient (Wildman–Crippen LogP) is 1.40. The average Bonchev–Trinajstić information content (AvgIpc) is 3.03. The zero-order valence-electron chi connectivity index (χ0n) is 12.6. The Balaban J connectivity index is 1.79. The van der Waals surface area contributed by atoms with Crippen LogP contribution >= 0.6 is 0 Å². The van der Waals surface area contributed by atoms with Crippen molar-refractivity contribution in [2.24, 2.45) is 0 Å². The minimum Gasteiger partial charge on any atom is -0.336 e. The number of nitrogens with zero attached hydrogens (tertiary/aromatic N) is 5. The number of aromatic amines is 1. The lowest BCUT2D eigenvalue weighted by atomic mass is 10.0. The van der Waals surface area contributed by atoms with E-state index in [1.165, 1.54) is 0 Å². The molecule has 0 aromatic carbocycles. The Kier molecular flexibility index (Phi) is 3.48. The number of amides is 1. The lowest BCUT2D eigenvalue weighted by Crippen LogP contribution is -2.41. The van der Waals surface area contributed by atoms with Gasteiger partial charge in [-0.2, -0.15) is 10.2 Å². The minimum atomic E-state index is 0.0421. The van der Waals surface area contributed by atoms with Crippen LogP contribution in [0.5, 0.6) is 0 Å². The van der Waals surface area contributed by atoms with Crippen LogP contribution in [0.15, 0.2) is 6.20 Å². The highest BCUT2D eigenvalue weighted by atomic mass is 16.2. The second kappa shape index (κ2) is 5.31. The molecule has 3 rings (SSSR count). The molecule has 112 valence electrons. The van der Waals surface area contributed by atoms with Crippen molar-refractivity contribution in [1.29, 1.82) is 0 Å². The summed E-state index contributed by atoms with van der Waals surface area (Å²) in [7, 11) is 0. The predicted molar refractivity (Wildman–Crippen MR) is 77.0 cm³/mol. The lowest BCUT2D eigenvalue weighted by Gasteiger charge is -2.33. The number of piperidine rings is 1. The van der Waals surface area contributed by atoms with Crippen LogP contribution in [-0.2, 0) is 0 Å². The van der Waals surface area contributed by atoms with Gasteiger partial charge in [-0.15, -0.1) is 0 Å². The second-order valence-corrected chi connectivity index (χ2v) is 5.61. The van der Waals surface area contributed by atoms with Crippen molar-refractivity contribution in [2.45, 2.75) is 39.7 Å². The van der Waals surface area contributed by atoms with E-state index in [1.807, 2.05) is 30.4 Å². The van der Waals surface area contributed by atoms with E-state index >= 15 is 0 Å². The van der Waals surface area contributed by atoms with Crippen LogP contribution in [0.4, 0.5) is 0 Å². The number of carbonyl (C=O) groups excluding carboxylic acids is 1. The number of likely N-dealkylation sites (tertiary alicyclic amines) is 1. The van der Waals surface area contributed by atoms with Gasteiger partial charge in [0, 0.05) is 18.8 Å². The fraction of sp³-hybridized carbons (Fsp3) is 0.571. The Labute approximate surface area is 123 Å². The SMILES string of the molecule is Cc1nc(C)n([C@@H]2CCCN(C(=O)c3cn[nH]c3C)C2)n1. The van der Waals surface area contributed by atoms with E-state index in [1.54, 1.807) is 6.20 Å². The zero-order chi connectivity index (χ0) is 15.0. The highest BCUT2D eigenvalue weighted by Crippen LogP contribution is 2.23. The maximum absolute atomic E-state index is 12.6. The van der Waals surface area contributed by atoms with Crippen molar-refractivity contribution >= 4 is 5.91 Å². The van der Waals surface area contributed by atoms with E-state index in [4.69, 9.17) is 0 Å². The van der Waals surface area contributed by atoms with Gasteiger partial charge in [0.15, 0.2) is 0 Å². The summed E-state index contributed by atoms with van der Waals surface area (Å²) in [5.74, 6) is 1.73. The van der Waals surface area contributed by atoms with Crippen molar-refractivity contribution in [1.82, 2.24) is 29.9 Å². The van der Waals surface area contributed by atoms with Gasteiger partial charge in [0.2, 0.25) is 0 Å². The first kappa shape index (κ1) is 13.8. The molecule has 1 saturated heterocycles. The van der Waals surface area contributed by atoms with Crippen molar-refractivity contribution in [3.8, 4) is 0 Å². The molecule has 0 aliphatic carbocycles. The molecule has 1 fully saturated rings. The largest absolute Gasteiger partial charge is 0.336 e. The Morgan fingerprint density at radius 1 is 1.38 bits per heavy atom. The Bertz CT molecular complexity index is 658.